The van der Waals surface area contributed by atoms with Gasteiger partial charge in [0.2, 0.25) is 5.75 Å². The lowest BCUT2D eigenvalue weighted by atomic mass is 9.82. The minimum Gasteiger partial charge on any atom is -0.493 e. The fraction of sp³-hybridized carbons (Fsp3) is 0.286. The van der Waals surface area contributed by atoms with Crippen LogP contribution in [0.5, 0.6) is 17.2 Å². The first-order valence-electron chi connectivity index (χ1n) is 11.5. The number of nitrogens with zero attached hydrogens (tertiary/aromatic N) is 1. The van der Waals surface area contributed by atoms with Crippen LogP contribution in [0, 0.1) is 0 Å². The molecule has 0 unspecified atom stereocenters. The number of benzene rings is 3. The number of ketones is 1. The molecule has 174 valence electrons. The topological polar surface area (TPSA) is 65.1 Å². The third-order valence-electron chi connectivity index (χ3n) is 6.80. The summed E-state index contributed by atoms with van der Waals surface area (Å²) in [4.78, 5) is 27.9. The van der Waals surface area contributed by atoms with Crippen molar-refractivity contribution < 1.29 is 23.8 Å². The maximum Gasteiger partial charge on any atom is 0.253 e. The van der Waals surface area contributed by atoms with Crippen molar-refractivity contribution in [2.75, 3.05) is 27.3 Å². The van der Waals surface area contributed by atoms with Crippen molar-refractivity contribution in [3.05, 3.63) is 77.9 Å². The summed E-state index contributed by atoms with van der Waals surface area (Å²) in [6, 6.07) is 21.3. The number of methoxy groups -OCH3 is 2. The van der Waals surface area contributed by atoms with Crippen molar-refractivity contribution in [3.63, 3.8) is 0 Å². The minimum atomic E-state index is -0.641. The number of hydrogen-bond donors (Lipinski definition) is 0. The van der Waals surface area contributed by atoms with Gasteiger partial charge < -0.3 is 19.1 Å². The van der Waals surface area contributed by atoms with E-state index in [1.165, 1.54) is 7.11 Å². The summed E-state index contributed by atoms with van der Waals surface area (Å²) in [5, 5.41) is 0. The summed E-state index contributed by atoms with van der Waals surface area (Å²) in [7, 11) is 3.10. The molecule has 6 heteroatoms. The van der Waals surface area contributed by atoms with Crippen LogP contribution in [0.25, 0.3) is 11.1 Å². The molecule has 1 fully saturated rings. The van der Waals surface area contributed by atoms with Gasteiger partial charge in [0.15, 0.2) is 17.3 Å². The molecule has 6 nitrogen and oxygen atoms in total. The van der Waals surface area contributed by atoms with Gasteiger partial charge in [-0.05, 0) is 35.4 Å². The Morgan fingerprint density at radius 3 is 2.21 bits per heavy atom. The van der Waals surface area contributed by atoms with E-state index >= 15 is 0 Å². The Morgan fingerprint density at radius 1 is 0.882 bits per heavy atom. The van der Waals surface area contributed by atoms with Crippen molar-refractivity contribution in [1.29, 1.82) is 0 Å². The van der Waals surface area contributed by atoms with Crippen LogP contribution in [-0.4, -0.2) is 49.5 Å². The van der Waals surface area contributed by atoms with Crippen molar-refractivity contribution in [2.45, 2.75) is 24.9 Å². The van der Waals surface area contributed by atoms with E-state index in [0.29, 0.717) is 60.7 Å². The zero-order valence-corrected chi connectivity index (χ0v) is 19.4. The zero-order valence-electron chi connectivity index (χ0n) is 19.4. The second-order valence-corrected chi connectivity index (χ2v) is 8.80. The molecule has 0 radical (unpaired) electrons. The second-order valence-electron chi connectivity index (χ2n) is 8.80. The Labute approximate surface area is 199 Å². The molecule has 34 heavy (non-hydrogen) atoms. The Bertz CT molecular complexity index is 1210. The predicted molar refractivity (Wildman–Crippen MR) is 129 cm³/mol. The number of ether oxygens (including phenoxy) is 3. The first-order valence-corrected chi connectivity index (χ1v) is 11.5. The van der Waals surface area contributed by atoms with Gasteiger partial charge in [0.1, 0.15) is 5.60 Å². The molecular weight excluding hydrogens is 430 g/mol. The lowest BCUT2D eigenvalue weighted by Crippen LogP contribution is -2.52. The molecule has 1 spiro atoms. The highest BCUT2D eigenvalue weighted by molar-refractivity contribution is 6.01. The first kappa shape index (κ1) is 22.0. The Hall–Kier alpha value is -3.80. The van der Waals surface area contributed by atoms with Crippen LogP contribution in [0.2, 0.25) is 0 Å². The Morgan fingerprint density at radius 2 is 1.56 bits per heavy atom. The number of rotatable bonds is 4. The summed E-state index contributed by atoms with van der Waals surface area (Å²) in [5.41, 5.74) is 2.73. The Kier molecular flexibility index (Phi) is 5.74. The van der Waals surface area contributed by atoms with Crippen LogP contribution in [-0.2, 0) is 0 Å². The molecule has 0 aromatic heterocycles. The highest BCUT2D eigenvalue weighted by atomic mass is 16.5. The van der Waals surface area contributed by atoms with Crippen LogP contribution >= 0.6 is 0 Å². The average Bonchev–Trinajstić information content (AvgIpc) is 2.88. The number of carbonyl (C=O) groups excluding carboxylic acids is 2. The van der Waals surface area contributed by atoms with E-state index in [4.69, 9.17) is 14.2 Å². The van der Waals surface area contributed by atoms with Gasteiger partial charge in [0.05, 0.1) is 26.2 Å². The van der Waals surface area contributed by atoms with Gasteiger partial charge in [-0.2, -0.15) is 0 Å². The third-order valence-corrected chi connectivity index (χ3v) is 6.80. The molecule has 2 aliphatic heterocycles. The number of piperidine rings is 1. The lowest BCUT2D eigenvalue weighted by molar-refractivity contribution is -0.00745. The first-order chi connectivity index (χ1) is 16.5. The molecule has 1 amide bonds. The molecule has 5 rings (SSSR count). The quantitative estimate of drug-likeness (QED) is 0.551. The maximum absolute atomic E-state index is 13.1. The average molecular weight is 458 g/mol. The number of fused-ring (bicyclic) bond motifs is 1. The molecule has 3 aromatic rings. The Balaban J connectivity index is 1.30. The molecule has 0 atom stereocenters. The van der Waals surface area contributed by atoms with E-state index in [1.54, 1.807) is 19.2 Å². The molecule has 2 aliphatic rings. The van der Waals surface area contributed by atoms with Crippen molar-refractivity contribution in [2.24, 2.45) is 0 Å². The van der Waals surface area contributed by atoms with Gasteiger partial charge in [0.25, 0.3) is 5.91 Å². The fourth-order valence-corrected chi connectivity index (χ4v) is 4.87. The number of Topliss-reactive ketones (excluding diaryl/α,β-unsaturated/α-hetero) is 1. The van der Waals surface area contributed by atoms with Crippen LogP contribution < -0.4 is 14.2 Å². The summed E-state index contributed by atoms with van der Waals surface area (Å²) < 4.78 is 17.3. The number of carbonyl (C=O) groups is 2. The summed E-state index contributed by atoms with van der Waals surface area (Å²) in [6.07, 6.45) is 1.45. The SMILES string of the molecule is COc1ccc2c(c1OC)OC1(CCN(C(=O)c3ccc(-c4ccccc4)cc3)CC1)CC2=O. The van der Waals surface area contributed by atoms with Gasteiger partial charge in [0, 0.05) is 31.5 Å². The summed E-state index contributed by atoms with van der Waals surface area (Å²) in [6.45, 7) is 1.04. The highest BCUT2D eigenvalue weighted by Gasteiger charge is 2.45. The normalized spacial score (nSPS) is 16.5. The van der Waals surface area contributed by atoms with Gasteiger partial charge >= 0.3 is 0 Å². The molecule has 0 N–H and O–H groups in total. The molecule has 2 heterocycles. The largest absolute Gasteiger partial charge is 0.493 e. The van der Waals surface area contributed by atoms with Crippen LogP contribution in [0.15, 0.2) is 66.7 Å². The summed E-state index contributed by atoms with van der Waals surface area (Å²) >= 11 is 0. The number of hydrogen-bond acceptors (Lipinski definition) is 5. The molecule has 0 bridgehead atoms. The molecule has 1 saturated heterocycles. The fourth-order valence-electron chi connectivity index (χ4n) is 4.87. The predicted octanol–water partition coefficient (Wildman–Crippen LogP) is 5.01. The summed E-state index contributed by atoms with van der Waals surface area (Å²) in [5.74, 6) is 1.42. The maximum atomic E-state index is 13.1. The number of likely N-dealkylation sites (tertiary alicyclic amines) is 1. The van der Waals surface area contributed by atoms with E-state index in [9.17, 15) is 9.59 Å². The van der Waals surface area contributed by atoms with E-state index in [-0.39, 0.29) is 11.7 Å². The van der Waals surface area contributed by atoms with E-state index < -0.39 is 5.60 Å². The van der Waals surface area contributed by atoms with Crippen LogP contribution in [0.1, 0.15) is 40.0 Å². The van der Waals surface area contributed by atoms with Gasteiger partial charge in [-0.25, -0.2) is 0 Å². The molecule has 3 aromatic carbocycles. The van der Waals surface area contributed by atoms with Crippen molar-refractivity contribution >= 4 is 11.7 Å². The van der Waals surface area contributed by atoms with Crippen molar-refractivity contribution in [3.8, 4) is 28.4 Å². The zero-order chi connectivity index (χ0) is 23.7. The monoisotopic (exact) mass is 457 g/mol. The van der Waals surface area contributed by atoms with Gasteiger partial charge in [-0.1, -0.05) is 42.5 Å². The van der Waals surface area contributed by atoms with E-state index in [2.05, 4.69) is 12.1 Å². The van der Waals surface area contributed by atoms with Crippen LogP contribution in [0.4, 0.5) is 0 Å². The standard InChI is InChI=1S/C28H27NO5/c1-32-24-13-12-22-23(30)18-28(34-25(22)26(24)33-2)14-16-29(17-15-28)27(31)21-10-8-20(9-11-21)19-6-4-3-5-7-19/h3-13H,14-18H2,1-2H3. The van der Waals surface area contributed by atoms with Crippen LogP contribution in [0.3, 0.4) is 0 Å². The third kappa shape index (κ3) is 3.89. The molecular formula is C28H27NO5. The van der Waals surface area contributed by atoms with E-state index in [0.717, 1.165) is 11.1 Å². The smallest absolute Gasteiger partial charge is 0.253 e. The number of amides is 1. The van der Waals surface area contributed by atoms with Gasteiger partial charge in [-0.15, -0.1) is 0 Å². The van der Waals surface area contributed by atoms with Gasteiger partial charge in [-0.3, -0.25) is 9.59 Å². The molecule has 0 aliphatic carbocycles. The van der Waals surface area contributed by atoms with Crippen molar-refractivity contribution in [1.82, 2.24) is 4.90 Å². The highest BCUT2D eigenvalue weighted by Crippen LogP contribution is 2.47. The second kappa shape index (κ2) is 8.86. The minimum absolute atomic E-state index is 0.00347. The lowest BCUT2D eigenvalue weighted by Gasteiger charge is -2.44. The van der Waals surface area contributed by atoms with E-state index in [1.807, 2.05) is 47.4 Å². The molecule has 0 saturated carbocycles.